The predicted octanol–water partition coefficient (Wildman–Crippen LogP) is 3.56. The zero-order valence-electron chi connectivity index (χ0n) is 17.7. The second-order valence-electron chi connectivity index (χ2n) is 7.72. The third-order valence-corrected chi connectivity index (χ3v) is 5.76. The first-order valence-electron chi connectivity index (χ1n) is 10.5. The third kappa shape index (κ3) is 4.08. The topological polar surface area (TPSA) is 105 Å². The van der Waals surface area contributed by atoms with Gasteiger partial charge in [-0.05, 0) is 30.3 Å². The second kappa shape index (κ2) is 8.62. The number of benzene rings is 1. The Morgan fingerprint density at radius 3 is 2.42 bits per heavy atom. The molecular weight excluding hydrogens is 420 g/mol. The van der Waals surface area contributed by atoms with Crippen LogP contribution in [0, 0.1) is 10.1 Å². The Labute approximate surface area is 189 Å². The van der Waals surface area contributed by atoms with Gasteiger partial charge in [0, 0.05) is 55.6 Å². The number of pyridine rings is 3. The molecule has 1 aliphatic rings. The van der Waals surface area contributed by atoms with E-state index in [9.17, 15) is 14.9 Å². The minimum atomic E-state index is -0.466. The number of nitro groups is 1. The molecular formula is C24H20N6O3. The van der Waals surface area contributed by atoms with Crippen molar-refractivity contribution in [2.45, 2.75) is 0 Å². The van der Waals surface area contributed by atoms with Gasteiger partial charge in [0.25, 0.3) is 11.6 Å². The van der Waals surface area contributed by atoms with Crippen LogP contribution in [0.4, 0.5) is 11.5 Å². The fraction of sp³-hybridized carbons (Fsp3) is 0.167. The number of para-hydroxylation sites is 1. The molecule has 0 N–H and O–H groups in total. The van der Waals surface area contributed by atoms with Crippen molar-refractivity contribution in [1.82, 2.24) is 19.9 Å². The molecule has 4 aromatic rings. The smallest absolute Gasteiger partial charge is 0.287 e. The number of carbonyl (C=O) groups excluding carboxylic acids is 1. The van der Waals surface area contributed by atoms with Crippen LogP contribution in [0.3, 0.4) is 0 Å². The van der Waals surface area contributed by atoms with Crippen LogP contribution in [0.1, 0.15) is 10.4 Å². The molecule has 164 valence electrons. The highest BCUT2D eigenvalue weighted by Gasteiger charge is 2.25. The highest BCUT2D eigenvalue weighted by atomic mass is 16.6. The minimum absolute atomic E-state index is 0.0397. The van der Waals surface area contributed by atoms with Crippen molar-refractivity contribution in [2.24, 2.45) is 0 Å². The Morgan fingerprint density at radius 1 is 0.970 bits per heavy atom. The summed E-state index contributed by atoms with van der Waals surface area (Å²) in [6.45, 7) is 2.24. The van der Waals surface area contributed by atoms with E-state index >= 15 is 0 Å². The van der Waals surface area contributed by atoms with Gasteiger partial charge < -0.3 is 9.80 Å². The van der Waals surface area contributed by atoms with Gasteiger partial charge in [-0.3, -0.25) is 19.9 Å². The molecule has 9 heteroatoms. The average molecular weight is 440 g/mol. The monoisotopic (exact) mass is 440 g/mol. The molecule has 0 radical (unpaired) electrons. The Bertz CT molecular complexity index is 1320. The lowest BCUT2D eigenvalue weighted by Gasteiger charge is -2.35. The maximum absolute atomic E-state index is 13.5. The van der Waals surface area contributed by atoms with E-state index < -0.39 is 4.92 Å². The Hall–Kier alpha value is -4.40. The predicted molar refractivity (Wildman–Crippen MR) is 124 cm³/mol. The molecule has 1 aromatic carbocycles. The first-order chi connectivity index (χ1) is 16.1. The van der Waals surface area contributed by atoms with Crippen molar-refractivity contribution in [1.29, 1.82) is 0 Å². The van der Waals surface area contributed by atoms with Crippen LogP contribution in [-0.4, -0.2) is 56.9 Å². The second-order valence-corrected chi connectivity index (χ2v) is 7.72. The van der Waals surface area contributed by atoms with Crippen LogP contribution in [0.2, 0.25) is 0 Å². The van der Waals surface area contributed by atoms with Gasteiger partial charge in [-0.25, -0.2) is 9.97 Å². The molecule has 1 aliphatic heterocycles. The zero-order chi connectivity index (χ0) is 22.8. The summed E-state index contributed by atoms with van der Waals surface area (Å²) >= 11 is 0. The molecule has 1 fully saturated rings. The van der Waals surface area contributed by atoms with E-state index in [0.29, 0.717) is 37.6 Å². The summed E-state index contributed by atoms with van der Waals surface area (Å²) in [7, 11) is 0. The lowest BCUT2D eigenvalue weighted by molar-refractivity contribution is -0.385. The Morgan fingerprint density at radius 2 is 1.73 bits per heavy atom. The average Bonchev–Trinajstić information content (AvgIpc) is 2.88. The number of carbonyl (C=O) groups is 1. The van der Waals surface area contributed by atoms with Gasteiger partial charge >= 0.3 is 0 Å². The molecule has 0 spiro atoms. The van der Waals surface area contributed by atoms with E-state index in [1.165, 1.54) is 12.3 Å². The highest BCUT2D eigenvalue weighted by molar-refractivity contribution is 6.07. The number of amides is 1. The molecule has 4 heterocycles. The molecule has 33 heavy (non-hydrogen) atoms. The van der Waals surface area contributed by atoms with Crippen LogP contribution in [0.15, 0.2) is 73.2 Å². The van der Waals surface area contributed by atoms with Crippen molar-refractivity contribution in [3.05, 3.63) is 88.9 Å². The molecule has 0 aliphatic carbocycles. The Balaban J connectivity index is 1.39. The van der Waals surface area contributed by atoms with Crippen molar-refractivity contribution in [3.63, 3.8) is 0 Å². The normalized spacial score (nSPS) is 13.8. The first kappa shape index (κ1) is 20.5. The number of anilines is 1. The molecule has 1 saturated heterocycles. The number of hydrogen-bond acceptors (Lipinski definition) is 7. The third-order valence-electron chi connectivity index (χ3n) is 5.76. The van der Waals surface area contributed by atoms with Gasteiger partial charge in [0.2, 0.25) is 0 Å². The van der Waals surface area contributed by atoms with Crippen molar-refractivity contribution < 1.29 is 9.72 Å². The van der Waals surface area contributed by atoms with Gasteiger partial charge in [-0.15, -0.1) is 0 Å². The molecule has 5 rings (SSSR count). The fourth-order valence-corrected chi connectivity index (χ4v) is 4.01. The number of aromatic nitrogens is 3. The molecule has 0 saturated carbocycles. The van der Waals surface area contributed by atoms with Crippen LogP contribution in [-0.2, 0) is 0 Å². The molecule has 3 aromatic heterocycles. The number of fused-ring (bicyclic) bond motifs is 1. The maximum Gasteiger partial charge on any atom is 0.287 e. The quantitative estimate of drug-likeness (QED) is 0.353. The number of rotatable bonds is 4. The van der Waals surface area contributed by atoms with Gasteiger partial charge in [0.1, 0.15) is 12.0 Å². The lowest BCUT2D eigenvalue weighted by Crippen LogP contribution is -2.49. The van der Waals surface area contributed by atoms with E-state index in [-0.39, 0.29) is 11.6 Å². The summed E-state index contributed by atoms with van der Waals surface area (Å²) in [5, 5.41) is 11.7. The van der Waals surface area contributed by atoms with E-state index in [1.54, 1.807) is 18.5 Å². The van der Waals surface area contributed by atoms with Crippen molar-refractivity contribution in [2.75, 3.05) is 31.1 Å². The van der Waals surface area contributed by atoms with Gasteiger partial charge in [0.05, 0.1) is 21.7 Å². The number of hydrogen-bond donors (Lipinski definition) is 0. The van der Waals surface area contributed by atoms with E-state index in [4.69, 9.17) is 4.98 Å². The first-order valence-corrected chi connectivity index (χ1v) is 10.5. The van der Waals surface area contributed by atoms with Gasteiger partial charge in [-0.2, -0.15) is 0 Å². The zero-order valence-corrected chi connectivity index (χ0v) is 17.7. The molecule has 0 atom stereocenters. The van der Waals surface area contributed by atoms with Crippen molar-refractivity contribution >= 4 is 28.3 Å². The number of nitrogens with zero attached hydrogens (tertiary/aromatic N) is 6. The summed E-state index contributed by atoms with van der Waals surface area (Å²) in [5.74, 6) is 0.627. The van der Waals surface area contributed by atoms with Crippen LogP contribution >= 0.6 is 0 Å². The highest BCUT2D eigenvalue weighted by Crippen LogP contribution is 2.26. The molecule has 0 unspecified atom stereocenters. The van der Waals surface area contributed by atoms with E-state index in [1.807, 2.05) is 52.3 Å². The fourth-order valence-electron chi connectivity index (χ4n) is 4.01. The van der Waals surface area contributed by atoms with Crippen LogP contribution in [0.25, 0.3) is 22.2 Å². The molecule has 1 amide bonds. The maximum atomic E-state index is 13.5. The van der Waals surface area contributed by atoms with Gasteiger partial charge in [-0.1, -0.05) is 18.2 Å². The Kier molecular flexibility index (Phi) is 5.35. The number of piperazine rings is 1. The summed E-state index contributed by atoms with van der Waals surface area (Å²) in [4.78, 5) is 40.8. The molecule has 9 nitrogen and oxygen atoms in total. The molecule has 0 bridgehead atoms. The minimum Gasteiger partial charge on any atom is -0.353 e. The van der Waals surface area contributed by atoms with Crippen LogP contribution < -0.4 is 4.90 Å². The lowest BCUT2D eigenvalue weighted by atomic mass is 10.0. The van der Waals surface area contributed by atoms with Gasteiger partial charge in [0.15, 0.2) is 0 Å². The summed E-state index contributed by atoms with van der Waals surface area (Å²) < 4.78 is 0. The van der Waals surface area contributed by atoms with Crippen molar-refractivity contribution in [3.8, 4) is 11.3 Å². The summed E-state index contributed by atoms with van der Waals surface area (Å²) in [6, 6.07) is 16.3. The SMILES string of the molecule is O=C(c1cc(-c2ccncc2)nc2ccccc12)N1CCN(c2ccc([N+](=O)[O-])cn2)CC1. The van der Waals surface area contributed by atoms with E-state index in [0.717, 1.165) is 22.2 Å². The standard InChI is InChI=1S/C24H20N6O3/c31-24(29-13-11-28(12-14-29)23-6-5-18(16-26-23)30(32)33)20-15-22(17-7-9-25-10-8-17)27-21-4-2-1-3-19(20)21/h1-10,15-16H,11-14H2. The van der Waals surface area contributed by atoms with E-state index in [2.05, 4.69) is 9.97 Å². The summed E-state index contributed by atoms with van der Waals surface area (Å²) in [6.07, 6.45) is 4.68. The largest absolute Gasteiger partial charge is 0.353 e. The van der Waals surface area contributed by atoms with Crippen LogP contribution in [0.5, 0.6) is 0 Å². The summed E-state index contributed by atoms with van der Waals surface area (Å²) in [5.41, 5.74) is 2.98.